The first-order valence-electron chi connectivity index (χ1n) is 6.27. The Morgan fingerprint density at radius 2 is 1.82 bits per heavy atom. The van der Waals surface area contributed by atoms with Crippen LogP contribution in [0.4, 0.5) is 0 Å². The minimum atomic E-state index is -1.80. The lowest BCUT2D eigenvalue weighted by Gasteiger charge is -2.37. The molecule has 0 aliphatic heterocycles. The minimum Gasteiger partial charge on any atom is -0.445 e. The fraction of sp³-hybridized carbons (Fsp3) is 0.846. The topological polar surface area (TPSA) is 29.4 Å². The van der Waals surface area contributed by atoms with Gasteiger partial charge in [-0.3, -0.25) is 0 Å². The van der Waals surface area contributed by atoms with Crippen LogP contribution < -0.4 is 0 Å². The predicted octanol–water partition coefficient (Wildman–Crippen LogP) is 4.74. The van der Waals surface area contributed by atoms with E-state index in [-0.39, 0.29) is 10.3 Å². The monoisotopic (exact) mass is 274 g/mol. The van der Waals surface area contributed by atoms with Crippen LogP contribution in [0.5, 0.6) is 0 Å². The molecule has 0 fully saturated rings. The maximum Gasteiger partial charge on any atom is 0.149 e. The van der Waals surface area contributed by atoms with E-state index in [0.717, 1.165) is 6.42 Å². The maximum absolute atomic E-state index is 12.3. The van der Waals surface area contributed by atoms with Crippen molar-refractivity contribution in [1.29, 1.82) is 0 Å². The van der Waals surface area contributed by atoms with Gasteiger partial charge < -0.3 is 8.24 Å². The molecule has 0 rings (SSSR count). The van der Waals surface area contributed by atoms with Gasteiger partial charge in [-0.15, -0.1) is 6.58 Å². The molecule has 0 radical (unpaired) electrons. The van der Waals surface area contributed by atoms with Crippen LogP contribution in [0.1, 0.15) is 41.0 Å². The number of hydrogen-bond acceptors (Lipinski definition) is 3. The van der Waals surface area contributed by atoms with Crippen molar-refractivity contribution in [3.05, 3.63) is 12.7 Å². The number of rotatable bonds is 5. The van der Waals surface area contributed by atoms with E-state index >= 15 is 0 Å². The molecule has 0 bridgehead atoms. The molecule has 0 aromatic carbocycles. The second-order valence-corrected chi connectivity index (χ2v) is 13.0. The molecule has 0 amide bonds. The molecular formula is C13H28NOSSi-. The minimum absolute atomic E-state index is 0.113. The zero-order valence-electron chi connectivity index (χ0n) is 12.4. The van der Waals surface area contributed by atoms with E-state index in [1.807, 2.05) is 13.0 Å². The molecule has 0 N–H and O–H groups in total. The zero-order valence-corrected chi connectivity index (χ0v) is 14.2. The van der Waals surface area contributed by atoms with Crippen LogP contribution >= 0.6 is 0 Å². The third kappa shape index (κ3) is 4.96. The lowest BCUT2D eigenvalue weighted by molar-refractivity contribution is 0.547. The van der Waals surface area contributed by atoms with E-state index in [0.29, 0.717) is 5.92 Å². The molecule has 0 aromatic heterocycles. The van der Waals surface area contributed by atoms with Gasteiger partial charge in [0.25, 0.3) is 0 Å². The largest absolute Gasteiger partial charge is 0.445 e. The molecule has 0 aliphatic rings. The van der Waals surface area contributed by atoms with Gasteiger partial charge in [-0.05, 0) is 11.5 Å². The van der Waals surface area contributed by atoms with Gasteiger partial charge in [-0.25, -0.2) is 0 Å². The van der Waals surface area contributed by atoms with Crippen LogP contribution in [-0.2, 0) is 14.8 Å². The van der Waals surface area contributed by atoms with Crippen LogP contribution in [0.15, 0.2) is 16.7 Å². The van der Waals surface area contributed by atoms with Gasteiger partial charge in [0.2, 0.25) is 0 Å². The highest BCUT2D eigenvalue weighted by molar-refractivity contribution is 7.76. The van der Waals surface area contributed by atoms with Gasteiger partial charge in [0.15, 0.2) is 0 Å². The third-order valence-corrected chi connectivity index (χ3v) is 11.1. The smallest absolute Gasteiger partial charge is 0.149 e. The third-order valence-electron chi connectivity index (χ3n) is 3.81. The zero-order chi connectivity index (χ0) is 13.9. The van der Waals surface area contributed by atoms with Crippen LogP contribution in [0.2, 0.25) is 18.1 Å². The van der Waals surface area contributed by atoms with Gasteiger partial charge in [0, 0.05) is 0 Å². The van der Waals surface area contributed by atoms with Crippen LogP contribution in [-0.4, -0.2) is 13.5 Å². The fourth-order valence-corrected chi connectivity index (χ4v) is 5.17. The standard InChI is InChI=1S/C13H28NOSSi/c1-9-10-11(2)12(3)16(15)14-17(7,8)13(4,5)6/h9,11-12H,1,10H2,2-8H3/q-1/t11-,12+/m0/s1. The van der Waals surface area contributed by atoms with Gasteiger partial charge in [-0.1, -0.05) is 65.0 Å². The Morgan fingerprint density at radius 1 is 1.35 bits per heavy atom. The lowest BCUT2D eigenvalue weighted by atomic mass is 10.1. The van der Waals surface area contributed by atoms with E-state index in [9.17, 15) is 4.21 Å². The first-order valence-corrected chi connectivity index (χ1v) is 10.4. The predicted molar refractivity (Wildman–Crippen MR) is 81.1 cm³/mol. The Hall–Kier alpha value is -0.0931. The Labute approximate surface area is 110 Å². The molecule has 17 heavy (non-hydrogen) atoms. The molecule has 2 nitrogen and oxygen atoms in total. The average Bonchev–Trinajstić information content (AvgIpc) is 2.14. The summed E-state index contributed by atoms with van der Waals surface area (Å²) in [7, 11) is -2.87. The summed E-state index contributed by atoms with van der Waals surface area (Å²) in [6.07, 6.45) is 2.80. The summed E-state index contributed by atoms with van der Waals surface area (Å²) in [6, 6.07) is 0. The van der Waals surface area contributed by atoms with Crippen molar-refractivity contribution in [2.45, 2.75) is 64.4 Å². The number of nitrogens with zero attached hydrogens (tertiary/aromatic N) is 1. The van der Waals surface area contributed by atoms with Crippen molar-refractivity contribution >= 4 is 18.8 Å². The van der Waals surface area contributed by atoms with Crippen LogP contribution in [0.25, 0.3) is 0 Å². The van der Waals surface area contributed by atoms with Crippen molar-refractivity contribution in [2.24, 2.45) is 9.95 Å². The Kier molecular flexibility index (Phi) is 6.15. The Balaban J connectivity index is 4.99. The molecule has 0 aliphatic carbocycles. The van der Waals surface area contributed by atoms with Crippen LogP contribution in [0, 0.1) is 5.92 Å². The molecule has 0 heterocycles. The van der Waals surface area contributed by atoms with Crippen molar-refractivity contribution in [1.82, 2.24) is 0 Å². The van der Waals surface area contributed by atoms with Gasteiger partial charge in [-0.2, -0.15) is 10.6 Å². The first kappa shape index (κ1) is 16.9. The van der Waals surface area contributed by atoms with Crippen molar-refractivity contribution in [3.63, 3.8) is 0 Å². The van der Waals surface area contributed by atoms with E-state index in [4.69, 9.17) is 0 Å². The highest BCUT2D eigenvalue weighted by Crippen LogP contribution is 2.37. The summed E-state index contributed by atoms with van der Waals surface area (Å²) in [5, 5.41) is 0.270. The Bertz CT molecular complexity index is 338. The van der Waals surface area contributed by atoms with Crippen LogP contribution in [0.3, 0.4) is 0 Å². The van der Waals surface area contributed by atoms with Gasteiger partial charge in [0.05, 0.1) is 0 Å². The summed E-state index contributed by atoms with van der Waals surface area (Å²) in [5.74, 6) is 0.377. The van der Waals surface area contributed by atoms with E-state index in [2.05, 4.69) is 51.4 Å². The Morgan fingerprint density at radius 3 is 2.18 bits per heavy atom. The van der Waals surface area contributed by atoms with E-state index in [1.165, 1.54) is 0 Å². The first-order chi connectivity index (χ1) is 7.53. The lowest BCUT2D eigenvalue weighted by Crippen LogP contribution is -2.36. The van der Waals surface area contributed by atoms with Gasteiger partial charge >= 0.3 is 0 Å². The second-order valence-electron chi connectivity index (χ2n) is 6.38. The molecule has 0 saturated heterocycles. The number of hydrogen-bond donors (Lipinski definition) is 0. The van der Waals surface area contributed by atoms with Crippen molar-refractivity contribution < 1.29 is 4.21 Å². The molecule has 102 valence electrons. The van der Waals surface area contributed by atoms with E-state index < -0.39 is 18.8 Å². The molecular weight excluding hydrogens is 246 g/mol. The normalized spacial score (nSPS) is 18.8. The number of allylic oxidation sites excluding steroid dienone is 1. The van der Waals surface area contributed by atoms with Gasteiger partial charge in [0.1, 0.15) is 8.24 Å². The summed E-state index contributed by atoms with van der Waals surface area (Å²) in [4.78, 5) is 0. The van der Waals surface area contributed by atoms with Crippen molar-refractivity contribution in [2.75, 3.05) is 0 Å². The molecule has 0 saturated carbocycles. The van der Waals surface area contributed by atoms with E-state index in [1.54, 1.807) is 0 Å². The van der Waals surface area contributed by atoms with Crippen molar-refractivity contribution in [3.8, 4) is 0 Å². The highest BCUT2D eigenvalue weighted by Gasteiger charge is 2.33. The summed E-state index contributed by atoms with van der Waals surface area (Å²) >= 11 is 0. The highest BCUT2D eigenvalue weighted by atomic mass is 32.2. The summed E-state index contributed by atoms with van der Waals surface area (Å²) < 4.78 is 16.9. The molecule has 4 heteroatoms. The summed E-state index contributed by atoms with van der Waals surface area (Å²) in [5.41, 5.74) is 0. The molecule has 0 spiro atoms. The fourth-order valence-electron chi connectivity index (χ4n) is 1.10. The SMILES string of the molecule is C=CC[C@H](C)[C@@H](C)[S-](=O)=N[Si](C)(C)C(C)(C)C. The molecule has 2 atom stereocenters. The molecule has 0 aromatic rings. The second kappa shape index (κ2) is 6.18. The molecule has 0 unspecified atom stereocenters. The quantitative estimate of drug-likeness (QED) is 0.404. The maximum atomic E-state index is 12.3. The summed E-state index contributed by atoms with van der Waals surface area (Å²) in [6.45, 7) is 18.8. The average molecular weight is 275 g/mol.